The van der Waals surface area contributed by atoms with E-state index in [-0.39, 0.29) is 11.5 Å². The van der Waals surface area contributed by atoms with Crippen LogP contribution in [0.5, 0.6) is 0 Å². The summed E-state index contributed by atoms with van der Waals surface area (Å²) < 4.78 is 4.91. The largest absolute Gasteiger partial charge is 0.465 e. The maximum atomic E-state index is 12.1. The minimum Gasteiger partial charge on any atom is -0.465 e. The van der Waals surface area contributed by atoms with Crippen molar-refractivity contribution in [1.82, 2.24) is 15.3 Å². The molecule has 0 radical (unpaired) electrons. The van der Waals surface area contributed by atoms with Crippen LogP contribution in [0.3, 0.4) is 0 Å². The van der Waals surface area contributed by atoms with Gasteiger partial charge in [0, 0.05) is 4.88 Å². The van der Waals surface area contributed by atoms with Crippen LogP contribution in [0, 0.1) is 13.8 Å². The molecule has 2 aromatic rings. The summed E-state index contributed by atoms with van der Waals surface area (Å²) in [6, 6.07) is -0.447. The molecule has 0 amide bonds. The minimum absolute atomic E-state index is 0.137. The molecule has 1 atom stereocenters. The molecule has 0 aliphatic heterocycles. The van der Waals surface area contributed by atoms with Crippen LogP contribution in [-0.2, 0) is 16.1 Å². The van der Waals surface area contributed by atoms with Gasteiger partial charge in [-0.25, -0.2) is 4.98 Å². The molecule has 2 rings (SSSR count). The second-order valence-corrected chi connectivity index (χ2v) is 6.03. The number of carbonyl (C=O) groups is 1. The first-order valence-corrected chi connectivity index (χ1v) is 7.64. The van der Waals surface area contributed by atoms with Gasteiger partial charge in [-0.05, 0) is 33.3 Å². The molecule has 0 aromatic carbocycles. The number of fused-ring (bicyclic) bond motifs is 1. The zero-order valence-corrected chi connectivity index (χ0v) is 13.4. The minimum atomic E-state index is -0.447. The standard InChI is InChI=1S/C14H19N3O3S/c1-5-20-14(19)8(3)15-6-10-16-12(18)11-7(2)9(4)21-13(11)17-10/h8,15H,5-6H2,1-4H3,(H,16,17,18). The molecular weight excluding hydrogens is 290 g/mol. The number of rotatable bonds is 5. The van der Waals surface area contributed by atoms with Crippen molar-refractivity contribution in [3.8, 4) is 0 Å². The molecular formula is C14H19N3O3S. The molecule has 114 valence electrons. The fourth-order valence-corrected chi connectivity index (χ4v) is 3.03. The van der Waals surface area contributed by atoms with Crippen molar-refractivity contribution in [1.29, 1.82) is 0 Å². The number of aryl methyl sites for hydroxylation is 2. The quantitative estimate of drug-likeness (QED) is 0.820. The van der Waals surface area contributed by atoms with E-state index in [9.17, 15) is 9.59 Å². The topological polar surface area (TPSA) is 84.1 Å². The Morgan fingerprint density at radius 1 is 1.48 bits per heavy atom. The Bertz CT molecular complexity index is 720. The zero-order chi connectivity index (χ0) is 15.6. The summed E-state index contributed by atoms with van der Waals surface area (Å²) in [5.74, 6) is 0.202. The Labute approximate surface area is 126 Å². The van der Waals surface area contributed by atoms with Crippen molar-refractivity contribution >= 4 is 27.5 Å². The predicted octanol–water partition coefficient (Wildman–Crippen LogP) is 1.64. The molecule has 7 heteroatoms. The van der Waals surface area contributed by atoms with Gasteiger partial charge in [0.2, 0.25) is 0 Å². The van der Waals surface area contributed by atoms with Gasteiger partial charge in [-0.1, -0.05) is 0 Å². The third-order valence-electron chi connectivity index (χ3n) is 3.30. The molecule has 21 heavy (non-hydrogen) atoms. The van der Waals surface area contributed by atoms with E-state index >= 15 is 0 Å². The number of carbonyl (C=O) groups excluding carboxylic acids is 1. The van der Waals surface area contributed by atoms with Gasteiger partial charge in [-0.15, -0.1) is 11.3 Å². The molecule has 0 saturated heterocycles. The van der Waals surface area contributed by atoms with E-state index in [1.807, 2.05) is 13.8 Å². The maximum Gasteiger partial charge on any atom is 0.322 e. The lowest BCUT2D eigenvalue weighted by atomic mass is 10.2. The molecule has 1 unspecified atom stereocenters. The lowest BCUT2D eigenvalue weighted by Crippen LogP contribution is -2.35. The lowest BCUT2D eigenvalue weighted by molar-refractivity contribution is -0.145. The van der Waals surface area contributed by atoms with Crippen LogP contribution in [0.15, 0.2) is 4.79 Å². The second-order valence-electron chi connectivity index (χ2n) is 4.83. The molecule has 6 nitrogen and oxygen atoms in total. The highest BCUT2D eigenvalue weighted by Gasteiger charge is 2.15. The van der Waals surface area contributed by atoms with E-state index in [4.69, 9.17) is 4.74 Å². The number of esters is 1. The smallest absolute Gasteiger partial charge is 0.322 e. The summed E-state index contributed by atoms with van der Waals surface area (Å²) in [6.07, 6.45) is 0. The first kappa shape index (κ1) is 15.7. The number of nitrogens with one attached hydrogen (secondary N) is 2. The van der Waals surface area contributed by atoms with Crippen LogP contribution in [-0.4, -0.2) is 28.6 Å². The van der Waals surface area contributed by atoms with Gasteiger partial charge in [0.1, 0.15) is 16.7 Å². The molecule has 0 aliphatic rings. The van der Waals surface area contributed by atoms with E-state index in [1.165, 1.54) is 11.3 Å². The first-order valence-electron chi connectivity index (χ1n) is 6.83. The Morgan fingerprint density at radius 3 is 2.86 bits per heavy atom. The summed E-state index contributed by atoms with van der Waals surface area (Å²) in [4.78, 5) is 32.6. The number of ether oxygens (including phenoxy) is 1. The fourth-order valence-electron chi connectivity index (χ4n) is 1.98. The van der Waals surface area contributed by atoms with E-state index < -0.39 is 6.04 Å². The number of hydrogen-bond donors (Lipinski definition) is 2. The normalized spacial score (nSPS) is 12.6. The van der Waals surface area contributed by atoms with Crippen molar-refractivity contribution < 1.29 is 9.53 Å². The van der Waals surface area contributed by atoms with Crippen molar-refractivity contribution in [2.45, 2.75) is 40.3 Å². The number of thiophene rings is 1. The highest BCUT2D eigenvalue weighted by molar-refractivity contribution is 7.18. The van der Waals surface area contributed by atoms with Crippen LogP contribution in [0.4, 0.5) is 0 Å². The van der Waals surface area contributed by atoms with Gasteiger partial charge in [0.15, 0.2) is 0 Å². The Balaban J connectivity index is 2.17. The van der Waals surface area contributed by atoms with Crippen LogP contribution in [0.1, 0.15) is 30.1 Å². The van der Waals surface area contributed by atoms with Gasteiger partial charge in [-0.2, -0.15) is 0 Å². The predicted molar refractivity (Wildman–Crippen MR) is 82.6 cm³/mol. The van der Waals surface area contributed by atoms with Crippen molar-refractivity contribution in [3.63, 3.8) is 0 Å². The number of aromatic amines is 1. The van der Waals surface area contributed by atoms with Gasteiger partial charge >= 0.3 is 5.97 Å². The summed E-state index contributed by atoms with van der Waals surface area (Å²) in [5, 5.41) is 3.65. The molecule has 2 aromatic heterocycles. The monoisotopic (exact) mass is 309 g/mol. The van der Waals surface area contributed by atoms with Gasteiger partial charge in [0.05, 0.1) is 18.5 Å². The Kier molecular flexibility index (Phi) is 4.74. The van der Waals surface area contributed by atoms with E-state index in [0.717, 1.165) is 15.3 Å². The Morgan fingerprint density at radius 2 is 2.19 bits per heavy atom. The number of nitrogens with zero attached hydrogens (tertiary/aromatic N) is 1. The van der Waals surface area contributed by atoms with Crippen LogP contribution in [0.25, 0.3) is 10.2 Å². The SMILES string of the molecule is CCOC(=O)C(C)NCc1nc2sc(C)c(C)c2c(=O)[nH]1. The third-order valence-corrected chi connectivity index (χ3v) is 4.41. The maximum absolute atomic E-state index is 12.1. The molecule has 0 spiro atoms. The first-order chi connectivity index (χ1) is 9.93. The molecule has 0 fully saturated rings. The summed E-state index contributed by atoms with van der Waals surface area (Å²) in [7, 11) is 0. The molecule has 0 bridgehead atoms. The molecule has 0 aliphatic carbocycles. The average molecular weight is 309 g/mol. The van der Waals surface area contributed by atoms with Crippen LogP contribution in [0.2, 0.25) is 0 Å². The summed E-state index contributed by atoms with van der Waals surface area (Å²) in [6.45, 7) is 8.03. The zero-order valence-electron chi connectivity index (χ0n) is 12.6. The summed E-state index contributed by atoms with van der Waals surface area (Å²) >= 11 is 1.51. The van der Waals surface area contributed by atoms with Crippen molar-refractivity contribution in [2.24, 2.45) is 0 Å². The lowest BCUT2D eigenvalue weighted by Gasteiger charge is -2.11. The molecule has 2 N–H and O–H groups in total. The van der Waals surface area contributed by atoms with Gasteiger partial charge < -0.3 is 9.72 Å². The van der Waals surface area contributed by atoms with Crippen LogP contribution < -0.4 is 10.9 Å². The fraction of sp³-hybridized carbons (Fsp3) is 0.500. The average Bonchev–Trinajstić information content (AvgIpc) is 2.72. The van der Waals surface area contributed by atoms with E-state index in [1.54, 1.807) is 13.8 Å². The second kappa shape index (κ2) is 6.36. The van der Waals surface area contributed by atoms with Gasteiger partial charge in [0.25, 0.3) is 5.56 Å². The van der Waals surface area contributed by atoms with Crippen LogP contribution >= 0.6 is 11.3 Å². The van der Waals surface area contributed by atoms with Crippen molar-refractivity contribution in [3.05, 3.63) is 26.6 Å². The van der Waals surface area contributed by atoms with Gasteiger partial charge in [-0.3, -0.25) is 14.9 Å². The number of H-pyrrole nitrogens is 1. The molecule has 0 saturated carbocycles. The van der Waals surface area contributed by atoms with E-state index in [2.05, 4.69) is 15.3 Å². The highest BCUT2D eigenvalue weighted by atomic mass is 32.1. The highest BCUT2D eigenvalue weighted by Crippen LogP contribution is 2.25. The number of aromatic nitrogens is 2. The third kappa shape index (κ3) is 3.30. The molecule has 2 heterocycles. The number of hydrogen-bond acceptors (Lipinski definition) is 6. The summed E-state index contributed by atoms with van der Waals surface area (Å²) in [5.41, 5.74) is 0.839. The van der Waals surface area contributed by atoms with Crippen molar-refractivity contribution in [2.75, 3.05) is 6.61 Å². The van der Waals surface area contributed by atoms with E-state index in [0.29, 0.717) is 24.4 Å². The Hall–Kier alpha value is -1.73.